The number of anilines is 1. The van der Waals surface area contributed by atoms with Gasteiger partial charge in [-0.3, -0.25) is 4.79 Å². The molecule has 0 aliphatic carbocycles. The summed E-state index contributed by atoms with van der Waals surface area (Å²) in [6, 6.07) is 12.6. The minimum absolute atomic E-state index is 0.0868. The first kappa shape index (κ1) is 12.3. The predicted octanol–water partition coefficient (Wildman–Crippen LogP) is 4.02. The standard InChI is InChI=1S/C13H9Br2NO/c14-8-5-6-12(16)10(7-8)13(17)9-3-1-2-4-11(9)15/h1-7H,16H2. The smallest absolute Gasteiger partial charge is 0.196 e. The summed E-state index contributed by atoms with van der Waals surface area (Å²) in [5, 5.41) is 0. The van der Waals surface area contributed by atoms with E-state index in [9.17, 15) is 4.79 Å². The molecule has 0 spiro atoms. The number of hydrogen-bond donors (Lipinski definition) is 1. The van der Waals surface area contributed by atoms with E-state index in [4.69, 9.17) is 5.73 Å². The molecule has 4 heteroatoms. The molecule has 0 bridgehead atoms. The van der Waals surface area contributed by atoms with E-state index < -0.39 is 0 Å². The normalized spacial score (nSPS) is 10.2. The van der Waals surface area contributed by atoms with Gasteiger partial charge in [-0.05, 0) is 30.3 Å². The molecule has 0 fully saturated rings. The Balaban J connectivity index is 2.51. The maximum atomic E-state index is 12.3. The Bertz CT molecular complexity index is 581. The minimum Gasteiger partial charge on any atom is -0.398 e. The van der Waals surface area contributed by atoms with Gasteiger partial charge in [0, 0.05) is 25.8 Å². The van der Waals surface area contributed by atoms with Crippen LogP contribution in [-0.4, -0.2) is 5.78 Å². The number of carbonyl (C=O) groups is 1. The average molecular weight is 355 g/mol. The van der Waals surface area contributed by atoms with Crippen LogP contribution in [0.2, 0.25) is 0 Å². The highest BCUT2D eigenvalue weighted by atomic mass is 79.9. The number of nitrogen functional groups attached to an aromatic ring is 1. The molecule has 2 rings (SSSR count). The maximum Gasteiger partial charge on any atom is 0.196 e. The second kappa shape index (κ2) is 5.02. The SMILES string of the molecule is Nc1ccc(Br)cc1C(=O)c1ccccc1Br. The molecule has 0 heterocycles. The molecule has 0 aromatic heterocycles. The van der Waals surface area contributed by atoms with Crippen LogP contribution < -0.4 is 5.73 Å². The van der Waals surface area contributed by atoms with Crippen LogP contribution in [0.15, 0.2) is 51.4 Å². The van der Waals surface area contributed by atoms with Crippen LogP contribution >= 0.6 is 31.9 Å². The summed E-state index contributed by atoms with van der Waals surface area (Å²) in [6.07, 6.45) is 0. The summed E-state index contributed by atoms with van der Waals surface area (Å²) >= 11 is 6.70. The van der Waals surface area contributed by atoms with Crippen LogP contribution in [0.4, 0.5) is 5.69 Å². The zero-order valence-electron chi connectivity index (χ0n) is 8.78. The van der Waals surface area contributed by atoms with Crippen LogP contribution in [0.5, 0.6) is 0 Å². The van der Waals surface area contributed by atoms with Gasteiger partial charge in [-0.15, -0.1) is 0 Å². The van der Waals surface area contributed by atoms with Gasteiger partial charge >= 0.3 is 0 Å². The lowest BCUT2D eigenvalue weighted by Gasteiger charge is -2.07. The van der Waals surface area contributed by atoms with Crippen molar-refractivity contribution in [3.05, 3.63) is 62.5 Å². The third-order valence-electron chi connectivity index (χ3n) is 2.38. The van der Waals surface area contributed by atoms with Gasteiger partial charge in [0.15, 0.2) is 5.78 Å². The van der Waals surface area contributed by atoms with Crippen LogP contribution in [-0.2, 0) is 0 Å². The fraction of sp³-hybridized carbons (Fsp3) is 0. The molecule has 17 heavy (non-hydrogen) atoms. The first-order valence-electron chi connectivity index (χ1n) is 4.94. The van der Waals surface area contributed by atoms with E-state index in [1.54, 1.807) is 18.2 Å². The molecule has 0 saturated carbocycles. The van der Waals surface area contributed by atoms with Crippen molar-refractivity contribution in [2.24, 2.45) is 0 Å². The quantitative estimate of drug-likeness (QED) is 0.653. The van der Waals surface area contributed by atoms with Gasteiger partial charge in [0.1, 0.15) is 0 Å². The Morgan fingerprint density at radius 1 is 1.00 bits per heavy atom. The third-order valence-corrected chi connectivity index (χ3v) is 3.56. The summed E-state index contributed by atoms with van der Waals surface area (Å²) in [6.45, 7) is 0. The van der Waals surface area contributed by atoms with E-state index in [1.165, 1.54) is 0 Å². The van der Waals surface area contributed by atoms with Crippen LogP contribution in [0.1, 0.15) is 15.9 Å². The molecular weight excluding hydrogens is 346 g/mol. The number of benzene rings is 2. The molecule has 2 nitrogen and oxygen atoms in total. The molecule has 2 N–H and O–H groups in total. The summed E-state index contributed by atoms with van der Waals surface area (Å²) in [7, 11) is 0. The van der Waals surface area contributed by atoms with E-state index >= 15 is 0 Å². The fourth-order valence-electron chi connectivity index (χ4n) is 1.52. The second-order valence-electron chi connectivity index (χ2n) is 3.54. The summed E-state index contributed by atoms with van der Waals surface area (Å²) in [5.41, 5.74) is 7.42. The number of hydrogen-bond acceptors (Lipinski definition) is 2. The van der Waals surface area contributed by atoms with Gasteiger partial charge in [0.25, 0.3) is 0 Å². The lowest BCUT2D eigenvalue weighted by molar-refractivity contribution is 0.103. The van der Waals surface area contributed by atoms with Crippen molar-refractivity contribution in [1.29, 1.82) is 0 Å². The molecule has 0 atom stereocenters. The first-order valence-corrected chi connectivity index (χ1v) is 6.52. The highest BCUT2D eigenvalue weighted by Gasteiger charge is 2.14. The van der Waals surface area contributed by atoms with E-state index in [2.05, 4.69) is 31.9 Å². The molecule has 0 saturated heterocycles. The second-order valence-corrected chi connectivity index (χ2v) is 5.31. The number of rotatable bonds is 2. The van der Waals surface area contributed by atoms with Gasteiger partial charge in [-0.25, -0.2) is 0 Å². The topological polar surface area (TPSA) is 43.1 Å². The molecule has 0 unspecified atom stereocenters. The number of nitrogens with two attached hydrogens (primary N) is 1. The van der Waals surface area contributed by atoms with Gasteiger partial charge in [-0.1, -0.05) is 44.0 Å². The zero-order chi connectivity index (χ0) is 12.4. The van der Waals surface area contributed by atoms with E-state index in [1.807, 2.05) is 24.3 Å². The van der Waals surface area contributed by atoms with Crippen LogP contribution in [0.25, 0.3) is 0 Å². The van der Waals surface area contributed by atoms with E-state index in [-0.39, 0.29) is 5.78 Å². The molecular formula is C13H9Br2NO. The molecule has 2 aromatic rings. The Morgan fingerprint density at radius 2 is 1.71 bits per heavy atom. The predicted molar refractivity (Wildman–Crippen MR) is 76.1 cm³/mol. The van der Waals surface area contributed by atoms with Crippen molar-refractivity contribution in [3.63, 3.8) is 0 Å². The van der Waals surface area contributed by atoms with Crippen molar-refractivity contribution >= 4 is 43.3 Å². The lowest BCUT2D eigenvalue weighted by Crippen LogP contribution is -2.06. The summed E-state index contributed by atoms with van der Waals surface area (Å²) in [4.78, 5) is 12.3. The first-order chi connectivity index (χ1) is 8.09. The monoisotopic (exact) mass is 353 g/mol. The molecule has 2 aromatic carbocycles. The van der Waals surface area contributed by atoms with Crippen LogP contribution in [0, 0.1) is 0 Å². The van der Waals surface area contributed by atoms with Gasteiger partial charge < -0.3 is 5.73 Å². The minimum atomic E-state index is -0.0868. The average Bonchev–Trinajstić information content (AvgIpc) is 2.32. The van der Waals surface area contributed by atoms with Crippen LogP contribution in [0.3, 0.4) is 0 Å². The maximum absolute atomic E-state index is 12.3. The number of halogens is 2. The van der Waals surface area contributed by atoms with Gasteiger partial charge in [-0.2, -0.15) is 0 Å². The highest BCUT2D eigenvalue weighted by Crippen LogP contribution is 2.25. The molecule has 0 radical (unpaired) electrons. The van der Waals surface area contributed by atoms with Crippen molar-refractivity contribution in [2.75, 3.05) is 5.73 Å². The Labute approximate surface area is 116 Å². The summed E-state index contributed by atoms with van der Waals surface area (Å²) in [5.74, 6) is -0.0868. The van der Waals surface area contributed by atoms with Crippen molar-refractivity contribution in [2.45, 2.75) is 0 Å². The molecule has 0 amide bonds. The van der Waals surface area contributed by atoms with Crippen molar-refractivity contribution in [3.8, 4) is 0 Å². The van der Waals surface area contributed by atoms with E-state index in [0.717, 1.165) is 8.95 Å². The Hall–Kier alpha value is -1.13. The van der Waals surface area contributed by atoms with E-state index in [0.29, 0.717) is 16.8 Å². The van der Waals surface area contributed by atoms with Crippen molar-refractivity contribution < 1.29 is 4.79 Å². The summed E-state index contributed by atoms with van der Waals surface area (Å²) < 4.78 is 1.60. The molecule has 0 aliphatic rings. The third kappa shape index (κ3) is 2.58. The lowest BCUT2D eigenvalue weighted by atomic mass is 10.0. The Morgan fingerprint density at radius 3 is 2.41 bits per heavy atom. The molecule has 0 aliphatic heterocycles. The highest BCUT2D eigenvalue weighted by molar-refractivity contribution is 9.10. The number of ketones is 1. The largest absolute Gasteiger partial charge is 0.398 e. The van der Waals surface area contributed by atoms with Crippen molar-refractivity contribution in [1.82, 2.24) is 0 Å². The van der Waals surface area contributed by atoms with Gasteiger partial charge in [0.05, 0.1) is 0 Å². The Kier molecular flexibility index (Phi) is 3.64. The zero-order valence-corrected chi connectivity index (χ0v) is 12.0. The van der Waals surface area contributed by atoms with Gasteiger partial charge in [0.2, 0.25) is 0 Å². The molecule has 86 valence electrons. The fourth-order valence-corrected chi connectivity index (χ4v) is 2.34. The number of carbonyl (C=O) groups excluding carboxylic acids is 1.